The number of amides is 1. The number of rotatable bonds is 4. The minimum Gasteiger partial charge on any atom is -0.321 e. The minimum atomic E-state index is -0.254. The molecule has 5 heteroatoms. The molecule has 0 atom stereocenters. The summed E-state index contributed by atoms with van der Waals surface area (Å²) < 4.78 is 2.73. The topological polar surface area (TPSA) is 46.9 Å². The third-order valence-electron chi connectivity index (χ3n) is 5.35. The Morgan fingerprint density at radius 1 is 0.844 bits per heavy atom. The van der Waals surface area contributed by atoms with Gasteiger partial charge in [0.25, 0.3) is 5.91 Å². The van der Waals surface area contributed by atoms with Gasteiger partial charge in [-0.05, 0) is 60.2 Å². The average molecular weight is 482 g/mol. The molecule has 0 saturated heterocycles. The molecule has 0 bridgehead atoms. The van der Waals surface area contributed by atoms with Crippen LogP contribution in [0.2, 0.25) is 0 Å². The molecule has 0 saturated carbocycles. The van der Waals surface area contributed by atoms with E-state index in [0.717, 1.165) is 26.8 Å². The third kappa shape index (κ3) is 4.07. The maximum Gasteiger partial charge on any atom is 0.276 e. The molecule has 5 aromatic rings. The van der Waals surface area contributed by atoms with Gasteiger partial charge in [0.2, 0.25) is 0 Å². The predicted octanol–water partition coefficient (Wildman–Crippen LogP) is 7.02. The van der Waals surface area contributed by atoms with Crippen molar-refractivity contribution in [3.8, 4) is 16.9 Å². The Morgan fingerprint density at radius 3 is 2.41 bits per heavy atom. The molecule has 0 aliphatic carbocycles. The number of anilines is 1. The number of fused-ring (bicyclic) bond motifs is 1. The van der Waals surface area contributed by atoms with Crippen molar-refractivity contribution in [1.29, 1.82) is 0 Å². The molecule has 0 unspecified atom stereocenters. The van der Waals surface area contributed by atoms with E-state index in [0.29, 0.717) is 11.4 Å². The molecule has 1 aromatic heterocycles. The average Bonchev–Trinajstić information content (AvgIpc) is 3.25. The molecule has 5 rings (SSSR count). The van der Waals surface area contributed by atoms with Gasteiger partial charge in [0.1, 0.15) is 0 Å². The Kier molecular flexibility index (Phi) is 5.33. The summed E-state index contributed by atoms with van der Waals surface area (Å²) in [7, 11) is 0. The zero-order valence-corrected chi connectivity index (χ0v) is 19.0. The zero-order chi connectivity index (χ0) is 22.1. The van der Waals surface area contributed by atoms with Crippen LogP contribution >= 0.6 is 15.9 Å². The van der Waals surface area contributed by atoms with Crippen molar-refractivity contribution < 1.29 is 4.79 Å². The number of benzene rings is 4. The first-order valence-corrected chi connectivity index (χ1v) is 11.1. The number of hydrogen-bond donors (Lipinski definition) is 1. The minimum absolute atomic E-state index is 0.254. The van der Waals surface area contributed by atoms with Gasteiger partial charge in [0.15, 0.2) is 5.69 Å². The van der Waals surface area contributed by atoms with Crippen LogP contribution in [0.25, 0.3) is 27.7 Å². The van der Waals surface area contributed by atoms with Gasteiger partial charge in [0.05, 0.1) is 11.4 Å². The number of nitrogens with zero attached hydrogens (tertiary/aromatic N) is 2. The number of aryl methyl sites for hydroxylation is 1. The van der Waals surface area contributed by atoms with E-state index in [1.807, 2.05) is 78.3 Å². The van der Waals surface area contributed by atoms with Crippen molar-refractivity contribution in [2.24, 2.45) is 0 Å². The second-order valence-corrected chi connectivity index (χ2v) is 8.60. The lowest BCUT2D eigenvalue weighted by Crippen LogP contribution is -2.13. The van der Waals surface area contributed by atoms with Crippen LogP contribution in [-0.4, -0.2) is 15.7 Å². The number of carbonyl (C=O) groups is 1. The Morgan fingerprint density at radius 2 is 1.62 bits per heavy atom. The van der Waals surface area contributed by atoms with Crippen LogP contribution in [0.5, 0.6) is 0 Å². The normalized spacial score (nSPS) is 10.9. The van der Waals surface area contributed by atoms with E-state index in [-0.39, 0.29) is 5.91 Å². The van der Waals surface area contributed by atoms with Gasteiger partial charge in [-0.3, -0.25) is 4.79 Å². The van der Waals surface area contributed by atoms with Crippen LogP contribution < -0.4 is 5.32 Å². The Bertz CT molecular complexity index is 1440. The lowest BCUT2D eigenvalue weighted by molar-refractivity contribution is 0.102. The first kappa shape index (κ1) is 20.2. The maximum absolute atomic E-state index is 13.0. The molecule has 4 nitrogen and oxygen atoms in total. The first-order valence-electron chi connectivity index (χ1n) is 10.3. The van der Waals surface area contributed by atoms with E-state index >= 15 is 0 Å². The summed E-state index contributed by atoms with van der Waals surface area (Å²) in [6, 6.07) is 32.0. The molecule has 1 heterocycles. The second kappa shape index (κ2) is 8.44. The van der Waals surface area contributed by atoms with Gasteiger partial charge in [-0.25, -0.2) is 4.68 Å². The molecular weight excluding hydrogens is 462 g/mol. The van der Waals surface area contributed by atoms with Gasteiger partial charge < -0.3 is 5.32 Å². The van der Waals surface area contributed by atoms with Crippen molar-refractivity contribution in [1.82, 2.24) is 9.78 Å². The van der Waals surface area contributed by atoms with Crippen LogP contribution in [0, 0.1) is 6.92 Å². The highest BCUT2D eigenvalue weighted by Gasteiger charge is 2.17. The highest BCUT2D eigenvalue weighted by molar-refractivity contribution is 9.10. The van der Waals surface area contributed by atoms with Crippen molar-refractivity contribution >= 4 is 38.3 Å². The summed E-state index contributed by atoms with van der Waals surface area (Å²) in [6.07, 6.45) is 0. The standard InChI is InChI=1S/C27H20BrN3O/c1-18-9-13-24(14-10-18)31-26(21-12-11-19-5-2-3-6-20(19)15-21)17-25(30-31)27(32)29-23-8-4-7-22(28)16-23/h2-17H,1H3,(H,29,32). The van der Waals surface area contributed by atoms with Crippen LogP contribution in [0.1, 0.15) is 16.1 Å². The van der Waals surface area contributed by atoms with Crippen LogP contribution in [0.3, 0.4) is 0 Å². The Hall–Kier alpha value is -3.70. The van der Waals surface area contributed by atoms with E-state index in [2.05, 4.69) is 56.7 Å². The molecule has 0 radical (unpaired) electrons. The summed E-state index contributed by atoms with van der Waals surface area (Å²) in [4.78, 5) is 13.0. The molecule has 1 N–H and O–H groups in total. The predicted molar refractivity (Wildman–Crippen MR) is 133 cm³/mol. The first-order chi connectivity index (χ1) is 15.6. The Balaban J connectivity index is 1.60. The molecule has 156 valence electrons. The van der Waals surface area contributed by atoms with Gasteiger partial charge in [-0.15, -0.1) is 0 Å². The lowest BCUT2D eigenvalue weighted by atomic mass is 10.0. The summed E-state index contributed by atoms with van der Waals surface area (Å²) in [5, 5.41) is 9.93. The largest absolute Gasteiger partial charge is 0.321 e. The third-order valence-corrected chi connectivity index (χ3v) is 5.84. The number of nitrogens with one attached hydrogen (secondary N) is 1. The molecule has 4 aromatic carbocycles. The fraction of sp³-hybridized carbons (Fsp3) is 0.0370. The van der Waals surface area contributed by atoms with E-state index in [9.17, 15) is 4.79 Å². The molecule has 32 heavy (non-hydrogen) atoms. The van der Waals surface area contributed by atoms with Gasteiger partial charge in [0, 0.05) is 15.7 Å². The quantitative estimate of drug-likeness (QED) is 0.299. The van der Waals surface area contributed by atoms with Crippen LogP contribution in [0.15, 0.2) is 102 Å². The van der Waals surface area contributed by atoms with E-state index < -0.39 is 0 Å². The zero-order valence-electron chi connectivity index (χ0n) is 17.4. The summed E-state index contributed by atoms with van der Waals surface area (Å²) in [6.45, 7) is 2.05. The van der Waals surface area contributed by atoms with Crippen molar-refractivity contribution in [2.75, 3.05) is 5.32 Å². The van der Waals surface area contributed by atoms with Crippen molar-refractivity contribution in [3.05, 3.63) is 113 Å². The second-order valence-electron chi connectivity index (χ2n) is 7.69. The van der Waals surface area contributed by atoms with Crippen LogP contribution in [0.4, 0.5) is 5.69 Å². The van der Waals surface area contributed by atoms with Crippen LogP contribution in [-0.2, 0) is 0 Å². The van der Waals surface area contributed by atoms with Gasteiger partial charge in [-0.2, -0.15) is 5.10 Å². The summed E-state index contributed by atoms with van der Waals surface area (Å²) in [5.41, 5.74) is 4.99. The van der Waals surface area contributed by atoms with E-state index in [1.165, 1.54) is 10.9 Å². The van der Waals surface area contributed by atoms with E-state index in [1.54, 1.807) is 0 Å². The number of carbonyl (C=O) groups excluding carboxylic acids is 1. The fourth-order valence-electron chi connectivity index (χ4n) is 3.69. The smallest absolute Gasteiger partial charge is 0.276 e. The van der Waals surface area contributed by atoms with Gasteiger partial charge in [-0.1, -0.05) is 76.1 Å². The maximum atomic E-state index is 13.0. The molecule has 0 aliphatic heterocycles. The number of halogens is 1. The highest BCUT2D eigenvalue weighted by Crippen LogP contribution is 2.28. The number of hydrogen-bond acceptors (Lipinski definition) is 2. The highest BCUT2D eigenvalue weighted by atomic mass is 79.9. The monoisotopic (exact) mass is 481 g/mol. The number of aromatic nitrogens is 2. The van der Waals surface area contributed by atoms with E-state index in [4.69, 9.17) is 0 Å². The Labute approximate surface area is 194 Å². The summed E-state index contributed by atoms with van der Waals surface area (Å²) >= 11 is 3.44. The summed E-state index contributed by atoms with van der Waals surface area (Å²) in [5.74, 6) is -0.254. The molecular formula is C27H20BrN3O. The fourth-order valence-corrected chi connectivity index (χ4v) is 4.09. The van der Waals surface area contributed by atoms with Gasteiger partial charge >= 0.3 is 0 Å². The molecule has 0 fully saturated rings. The molecule has 0 aliphatic rings. The van der Waals surface area contributed by atoms with Crippen molar-refractivity contribution in [3.63, 3.8) is 0 Å². The molecule has 1 amide bonds. The lowest BCUT2D eigenvalue weighted by Gasteiger charge is -2.09. The molecule has 0 spiro atoms. The van der Waals surface area contributed by atoms with Crippen molar-refractivity contribution in [2.45, 2.75) is 6.92 Å². The SMILES string of the molecule is Cc1ccc(-n2nc(C(=O)Nc3cccc(Br)c3)cc2-c2ccc3ccccc3c2)cc1.